The smallest absolute Gasteiger partial charge is 0.412 e. The maximum atomic E-state index is 11.3. The molecule has 0 saturated carbocycles. The van der Waals surface area contributed by atoms with Gasteiger partial charge in [-0.3, -0.25) is 5.32 Å². The molecule has 0 saturated heterocycles. The largest absolute Gasteiger partial charge is 0.444 e. The number of ether oxygens (including phenoxy) is 1. The molecule has 0 heterocycles. The molecule has 0 aromatic rings. The van der Waals surface area contributed by atoms with Crippen molar-refractivity contribution in [2.45, 2.75) is 39.2 Å². The Morgan fingerprint density at radius 1 is 1.43 bits per heavy atom. The van der Waals surface area contributed by atoms with Gasteiger partial charge in [-0.2, -0.15) is 0 Å². The van der Waals surface area contributed by atoms with Crippen LogP contribution in [0.1, 0.15) is 33.6 Å². The van der Waals surface area contributed by atoms with Gasteiger partial charge < -0.3 is 4.74 Å². The fourth-order valence-corrected chi connectivity index (χ4v) is 1.13. The molecular weight excluding hydrogens is 178 g/mol. The van der Waals surface area contributed by atoms with E-state index >= 15 is 0 Å². The normalized spacial score (nSPS) is 16.1. The Morgan fingerprint density at radius 2 is 2.14 bits per heavy atom. The molecular formula is C11H17NO2. The molecule has 0 fully saturated rings. The Labute approximate surface area is 84.8 Å². The van der Waals surface area contributed by atoms with Crippen molar-refractivity contribution in [1.82, 2.24) is 5.32 Å². The lowest BCUT2D eigenvalue weighted by atomic mass is 10.1. The number of amides is 1. The molecule has 0 unspecified atom stereocenters. The lowest BCUT2D eigenvalue weighted by Gasteiger charge is -2.20. The van der Waals surface area contributed by atoms with Gasteiger partial charge in [-0.1, -0.05) is 12.2 Å². The van der Waals surface area contributed by atoms with Crippen molar-refractivity contribution in [2.75, 3.05) is 0 Å². The van der Waals surface area contributed by atoms with E-state index in [9.17, 15) is 4.79 Å². The predicted molar refractivity (Wildman–Crippen MR) is 55.8 cm³/mol. The van der Waals surface area contributed by atoms with Gasteiger partial charge in [0.15, 0.2) is 0 Å². The molecule has 0 aliphatic heterocycles. The number of carbonyl (C=O) groups excluding carboxylic acids is 1. The minimum absolute atomic E-state index is 0.393. The number of rotatable bonds is 1. The van der Waals surface area contributed by atoms with Crippen LogP contribution in [0.5, 0.6) is 0 Å². The summed E-state index contributed by atoms with van der Waals surface area (Å²) in [5.74, 6) is 0. The summed E-state index contributed by atoms with van der Waals surface area (Å²) in [6, 6.07) is 0. The van der Waals surface area contributed by atoms with Crippen LogP contribution in [0.25, 0.3) is 0 Å². The van der Waals surface area contributed by atoms with Crippen molar-refractivity contribution in [3.63, 3.8) is 0 Å². The van der Waals surface area contributed by atoms with Crippen molar-refractivity contribution >= 4 is 6.09 Å². The summed E-state index contributed by atoms with van der Waals surface area (Å²) < 4.78 is 5.12. The molecule has 0 aromatic heterocycles. The molecule has 14 heavy (non-hydrogen) atoms. The molecule has 0 radical (unpaired) electrons. The summed E-state index contributed by atoms with van der Waals surface area (Å²) in [6.07, 6.45) is 7.54. The van der Waals surface area contributed by atoms with Gasteiger partial charge in [0.2, 0.25) is 0 Å². The second-order valence-corrected chi connectivity index (χ2v) is 4.27. The third kappa shape index (κ3) is 4.12. The summed E-state index contributed by atoms with van der Waals surface area (Å²) in [5, 5.41) is 2.69. The number of nitrogens with one attached hydrogen (secondary N) is 1. The second kappa shape index (κ2) is 4.31. The van der Waals surface area contributed by atoms with E-state index in [1.165, 1.54) is 0 Å². The molecule has 1 N–H and O–H groups in total. The first kappa shape index (κ1) is 10.8. The third-order valence-corrected chi connectivity index (χ3v) is 1.64. The van der Waals surface area contributed by atoms with Crippen molar-refractivity contribution in [2.24, 2.45) is 0 Å². The first-order chi connectivity index (χ1) is 6.47. The second-order valence-electron chi connectivity index (χ2n) is 4.27. The molecule has 1 aliphatic rings. The zero-order chi connectivity index (χ0) is 10.6. The van der Waals surface area contributed by atoms with Crippen LogP contribution in [0, 0.1) is 0 Å². The molecule has 0 aromatic carbocycles. The Balaban J connectivity index is 2.41. The molecule has 0 spiro atoms. The lowest BCUT2D eigenvalue weighted by molar-refractivity contribution is 0.0547. The molecule has 0 bridgehead atoms. The Kier molecular flexibility index (Phi) is 3.33. The minimum atomic E-state index is -0.441. The number of hydrogen-bond acceptors (Lipinski definition) is 2. The highest BCUT2D eigenvalue weighted by molar-refractivity contribution is 5.70. The Hall–Kier alpha value is -1.25. The van der Waals surface area contributed by atoms with E-state index in [-0.39, 0.29) is 0 Å². The molecule has 3 heteroatoms. The van der Waals surface area contributed by atoms with E-state index in [1.54, 1.807) is 0 Å². The van der Waals surface area contributed by atoms with E-state index < -0.39 is 11.7 Å². The van der Waals surface area contributed by atoms with Crippen molar-refractivity contribution in [3.8, 4) is 0 Å². The fourth-order valence-electron chi connectivity index (χ4n) is 1.13. The van der Waals surface area contributed by atoms with Crippen LogP contribution in [0.2, 0.25) is 0 Å². The first-order valence-electron chi connectivity index (χ1n) is 4.84. The van der Waals surface area contributed by atoms with Crippen LogP contribution >= 0.6 is 0 Å². The van der Waals surface area contributed by atoms with Gasteiger partial charge in [-0.15, -0.1) is 0 Å². The number of allylic oxidation sites excluding steroid dienone is 3. The monoisotopic (exact) mass is 195 g/mol. The van der Waals surface area contributed by atoms with Gasteiger partial charge in [0, 0.05) is 5.70 Å². The van der Waals surface area contributed by atoms with Gasteiger partial charge in [-0.05, 0) is 39.7 Å². The van der Waals surface area contributed by atoms with E-state index in [0.717, 1.165) is 18.5 Å². The maximum Gasteiger partial charge on any atom is 0.412 e. The maximum absolute atomic E-state index is 11.3. The number of carbonyl (C=O) groups is 1. The van der Waals surface area contributed by atoms with Crippen LogP contribution in [-0.4, -0.2) is 11.7 Å². The van der Waals surface area contributed by atoms with Gasteiger partial charge in [0.1, 0.15) is 5.60 Å². The minimum Gasteiger partial charge on any atom is -0.444 e. The van der Waals surface area contributed by atoms with Gasteiger partial charge in [-0.25, -0.2) is 4.79 Å². The fraction of sp³-hybridized carbons (Fsp3) is 0.545. The van der Waals surface area contributed by atoms with E-state index in [1.807, 2.05) is 39.0 Å². The molecule has 1 amide bonds. The van der Waals surface area contributed by atoms with Crippen LogP contribution in [0.3, 0.4) is 0 Å². The SMILES string of the molecule is CC(C)(C)OC(=O)NC1=CCCC=C1. The van der Waals surface area contributed by atoms with Crippen LogP contribution in [0.15, 0.2) is 23.9 Å². The lowest BCUT2D eigenvalue weighted by Crippen LogP contribution is -2.31. The van der Waals surface area contributed by atoms with Crippen molar-refractivity contribution in [3.05, 3.63) is 23.9 Å². The average Bonchev–Trinajstić information content (AvgIpc) is 2.02. The van der Waals surface area contributed by atoms with Crippen molar-refractivity contribution < 1.29 is 9.53 Å². The topological polar surface area (TPSA) is 38.3 Å². The summed E-state index contributed by atoms with van der Waals surface area (Å²) >= 11 is 0. The molecule has 1 aliphatic carbocycles. The zero-order valence-electron chi connectivity index (χ0n) is 8.96. The predicted octanol–water partition coefficient (Wildman–Crippen LogP) is 2.75. The highest BCUT2D eigenvalue weighted by atomic mass is 16.6. The summed E-state index contributed by atoms with van der Waals surface area (Å²) in [5.41, 5.74) is 0.383. The summed E-state index contributed by atoms with van der Waals surface area (Å²) in [7, 11) is 0. The third-order valence-electron chi connectivity index (χ3n) is 1.64. The standard InChI is InChI=1S/C11H17NO2/c1-11(2,3)14-10(13)12-9-7-5-4-6-8-9/h5,7-8H,4,6H2,1-3H3,(H,12,13). The van der Waals surface area contributed by atoms with Crippen LogP contribution < -0.4 is 5.32 Å². The van der Waals surface area contributed by atoms with Gasteiger partial charge in [0.05, 0.1) is 0 Å². The molecule has 3 nitrogen and oxygen atoms in total. The van der Waals surface area contributed by atoms with E-state index in [4.69, 9.17) is 4.74 Å². The van der Waals surface area contributed by atoms with Crippen LogP contribution in [-0.2, 0) is 4.74 Å². The zero-order valence-corrected chi connectivity index (χ0v) is 8.96. The van der Waals surface area contributed by atoms with Crippen molar-refractivity contribution in [1.29, 1.82) is 0 Å². The number of alkyl carbamates (subject to hydrolysis) is 1. The van der Waals surface area contributed by atoms with Gasteiger partial charge >= 0.3 is 6.09 Å². The molecule has 1 rings (SSSR count). The van der Waals surface area contributed by atoms with E-state index in [2.05, 4.69) is 5.32 Å². The van der Waals surface area contributed by atoms with Crippen LogP contribution in [0.4, 0.5) is 4.79 Å². The summed E-state index contributed by atoms with van der Waals surface area (Å²) in [6.45, 7) is 5.53. The highest BCUT2D eigenvalue weighted by Gasteiger charge is 2.16. The highest BCUT2D eigenvalue weighted by Crippen LogP contribution is 2.10. The average molecular weight is 195 g/mol. The van der Waals surface area contributed by atoms with E-state index in [0.29, 0.717) is 0 Å². The Morgan fingerprint density at radius 3 is 2.64 bits per heavy atom. The Bertz CT molecular complexity index is 272. The summed E-state index contributed by atoms with van der Waals surface area (Å²) in [4.78, 5) is 11.3. The first-order valence-corrected chi connectivity index (χ1v) is 4.84. The number of hydrogen-bond donors (Lipinski definition) is 1. The molecule has 0 atom stereocenters. The van der Waals surface area contributed by atoms with Gasteiger partial charge in [0.25, 0.3) is 0 Å². The quantitative estimate of drug-likeness (QED) is 0.698. The molecule has 78 valence electrons.